The second-order valence-electron chi connectivity index (χ2n) is 6.32. The average molecular weight is 388 g/mol. The molecule has 2 aromatic rings. The van der Waals surface area contributed by atoms with Gasteiger partial charge in [-0.15, -0.1) is 0 Å². The van der Waals surface area contributed by atoms with Crippen molar-refractivity contribution in [3.8, 4) is 0 Å². The lowest BCUT2D eigenvalue weighted by atomic mass is 10.2. The molecule has 1 saturated heterocycles. The third-order valence-electron chi connectivity index (χ3n) is 4.63. The molecule has 1 fully saturated rings. The fourth-order valence-corrected chi connectivity index (χ4v) is 3.73. The van der Waals surface area contributed by atoms with Gasteiger partial charge in [-0.25, -0.2) is 17.9 Å². The quantitative estimate of drug-likeness (QED) is 0.816. The maximum absolute atomic E-state index is 12.4. The summed E-state index contributed by atoms with van der Waals surface area (Å²) in [6.45, 7) is 3.29. The van der Waals surface area contributed by atoms with Gasteiger partial charge >= 0.3 is 6.03 Å². The molecule has 0 spiro atoms. The van der Waals surface area contributed by atoms with Gasteiger partial charge in [0, 0.05) is 38.4 Å². The van der Waals surface area contributed by atoms with Crippen molar-refractivity contribution < 1.29 is 13.2 Å². The number of sulfonamides is 1. The first-order chi connectivity index (χ1) is 13.0. The monoisotopic (exact) mass is 388 g/mol. The van der Waals surface area contributed by atoms with Crippen molar-refractivity contribution >= 4 is 21.7 Å². The Kier molecular flexibility index (Phi) is 5.98. The summed E-state index contributed by atoms with van der Waals surface area (Å²) in [5.41, 5.74) is 2.02. The Morgan fingerprint density at radius 2 is 1.59 bits per heavy atom. The van der Waals surface area contributed by atoms with E-state index in [1.54, 1.807) is 17.0 Å². The van der Waals surface area contributed by atoms with Gasteiger partial charge in [0.25, 0.3) is 0 Å². The van der Waals surface area contributed by atoms with Crippen molar-refractivity contribution in [2.75, 3.05) is 38.1 Å². The molecular weight excluding hydrogens is 364 g/mol. The van der Waals surface area contributed by atoms with Crippen LogP contribution in [0.25, 0.3) is 0 Å². The summed E-state index contributed by atoms with van der Waals surface area (Å²) in [5.74, 6) is 0. The second-order valence-corrected chi connectivity index (χ2v) is 8.21. The van der Waals surface area contributed by atoms with Crippen molar-refractivity contribution in [1.29, 1.82) is 0 Å². The summed E-state index contributed by atoms with van der Waals surface area (Å²) in [7, 11) is -2.07. The van der Waals surface area contributed by atoms with Gasteiger partial charge in [-0.2, -0.15) is 0 Å². The fraction of sp³-hybridized carbons (Fsp3) is 0.316. The van der Waals surface area contributed by atoms with E-state index in [9.17, 15) is 13.2 Å². The molecule has 8 heteroatoms. The topological polar surface area (TPSA) is 81.8 Å². The SMILES string of the molecule is CNS(=O)(=O)c1ccc(CNC(=O)N2CCN(c3ccccc3)CC2)cc1. The molecule has 0 saturated carbocycles. The molecule has 2 N–H and O–H groups in total. The molecule has 0 unspecified atom stereocenters. The van der Waals surface area contributed by atoms with Crippen LogP contribution in [0.4, 0.5) is 10.5 Å². The van der Waals surface area contributed by atoms with Crippen LogP contribution >= 0.6 is 0 Å². The molecule has 1 aliphatic rings. The van der Waals surface area contributed by atoms with E-state index in [-0.39, 0.29) is 10.9 Å². The molecule has 0 radical (unpaired) electrons. The van der Waals surface area contributed by atoms with Crippen LogP contribution in [-0.2, 0) is 16.6 Å². The first-order valence-electron chi connectivity index (χ1n) is 8.85. The van der Waals surface area contributed by atoms with Crippen LogP contribution < -0.4 is 14.9 Å². The minimum absolute atomic E-state index is 0.102. The lowest BCUT2D eigenvalue weighted by molar-refractivity contribution is 0.194. The van der Waals surface area contributed by atoms with E-state index in [0.29, 0.717) is 19.6 Å². The normalized spacial score (nSPS) is 14.9. The van der Waals surface area contributed by atoms with Gasteiger partial charge in [0.1, 0.15) is 0 Å². The standard InChI is InChI=1S/C19H24N4O3S/c1-20-27(25,26)18-9-7-16(8-10-18)15-21-19(24)23-13-11-22(12-14-23)17-5-3-2-4-6-17/h2-10,20H,11-15H2,1H3,(H,21,24). The van der Waals surface area contributed by atoms with E-state index >= 15 is 0 Å². The van der Waals surface area contributed by atoms with Crippen LogP contribution in [0, 0.1) is 0 Å². The molecule has 144 valence electrons. The number of nitrogens with zero attached hydrogens (tertiary/aromatic N) is 2. The molecule has 0 aromatic heterocycles. The molecule has 27 heavy (non-hydrogen) atoms. The van der Waals surface area contributed by atoms with Gasteiger partial charge in [0.15, 0.2) is 0 Å². The van der Waals surface area contributed by atoms with E-state index in [0.717, 1.165) is 18.7 Å². The number of urea groups is 1. The molecule has 0 atom stereocenters. The molecule has 1 heterocycles. The van der Waals surface area contributed by atoms with Crippen LogP contribution in [0.1, 0.15) is 5.56 Å². The number of hydrogen-bond donors (Lipinski definition) is 2. The van der Waals surface area contributed by atoms with Crippen LogP contribution in [0.5, 0.6) is 0 Å². The van der Waals surface area contributed by atoms with E-state index in [1.807, 2.05) is 18.2 Å². The van der Waals surface area contributed by atoms with E-state index in [1.165, 1.54) is 24.9 Å². The molecule has 2 aromatic carbocycles. The lowest BCUT2D eigenvalue weighted by Gasteiger charge is -2.36. The van der Waals surface area contributed by atoms with Gasteiger partial charge < -0.3 is 15.1 Å². The number of carbonyl (C=O) groups excluding carboxylic acids is 1. The molecule has 0 bridgehead atoms. The largest absolute Gasteiger partial charge is 0.368 e. The Balaban J connectivity index is 1.49. The van der Waals surface area contributed by atoms with Crippen LogP contribution in [0.15, 0.2) is 59.5 Å². The average Bonchev–Trinajstić information content (AvgIpc) is 2.73. The van der Waals surface area contributed by atoms with Crippen LogP contribution in [0.2, 0.25) is 0 Å². The second kappa shape index (κ2) is 8.41. The molecule has 2 amide bonds. The third kappa shape index (κ3) is 4.78. The van der Waals surface area contributed by atoms with Crippen molar-refractivity contribution in [3.63, 3.8) is 0 Å². The first kappa shape index (κ1) is 19.2. The number of hydrogen-bond acceptors (Lipinski definition) is 4. The smallest absolute Gasteiger partial charge is 0.317 e. The number of carbonyl (C=O) groups is 1. The highest BCUT2D eigenvalue weighted by Crippen LogP contribution is 2.15. The Morgan fingerprint density at radius 3 is 2.19 bits per heavy atom. The maximum Gasteiger partial charge on any atom is 0.317 e. The van der Waals surface area contributed by atoms with Gasteiger partial charge in [-0.1, -0.05) is 30.3 Å². The van der Waals surface area contributed by atoms with Gasteiger partial charge in [-0.05, 0) is 36.9 Å². The number of para-hydroxylation sites is 1. The number of benzene rings is 2. The Bertz CT molecular complexity index is 862. The highest BCUT2D eigenvalue weighted by atomic mass is 32.2. The summed E-state index contributed by atoms with van der Waals surface area (Å²) in [6.07, 6.45) is 0. The van der Waals surface area contributed by atoms with Gasteiger partial charge in [-0.3, -0.25) is 0 Å². The molecule has 3 rings (SSSR count). The fourth-order valence-electron chi connectivity index (χ4n) is 3.00. The number of rotatable bonds is 5. The zero-order valence-corrected chi connectivity index (χ0v) is 16.1. The predicted octanol–water partition coefficient (Wildman–Crippen LogP) is 1.63. The van der Waals surface area contributed by atoms with Gasteiger partial charge in [0.05, 0.1) is 4.90 Å². The number of piperazine rings is 1. The highest BCUT2D eigenvalue weighted by Gasteiger charge is 2.21. The van der Waals surface area contributed by atoms with Crippen molar-refractivity contribution in [2.24, 2.45) is 0 Å². The first-order valence-corrected chi connectivity index (χ1v) is 10.3. The third-order valence-corrected chi connectivity index (χ3v) is 6.06. The number of amides is 2. The summed E-state index contributed by atoms with van der Waals surface area (Å²) >= 11 is 0. The molecule has 1 aliphatic heterocycles. The minimum atomic E-state index is -3.44. The summed E-state index contributed by atoms with van der Waals surface area (Å²) < 4.78 is 25.7. The molecule has 7 nitrogen and oxygen atoms in total. The molecule has 0 aliphatic carbocycles. The van der Waals surface area contributed by atoms with Crippen molar-refractivity contribution in [1.82, 2.24) is 14.9 Å². The van der Waals surface area contributed by atoms with E-state index in [4.69, 9.17) is 0 Å². The number of nitrogens with one attached hydrogen (secondary N) is 2. The highest BCUT2D eigenvalue weighted by molar-refractivity contribution is 7.89. The lowest BCUT2D eigenvalue weighted by Crippen LogP contribution is -2.51. The predicted molar refractivity (Wildman–Crippen MR) is 105 cm³/mol. The number of anilines is 1. The van der Waals surface area contributed by atoms with Gasteiger partial charge in [0.2, 0.25) is 10.0 Å². The van der Waals surface area contributed by atoms with Crippen molar-refractivity contribution in [3.05, 3.63) is 60.2 Å². The van der Waals surface area contributed by atoms with E-state index < -0.39 is 10.0 Å². The Labute approximate surface area is 160 Å². The zero-order valence-electron chi connectivity index (χ0n) is 15.3. The summed E-state index contributed by atoms with van der Waals surface area (Å²) in [4.78, 5) is 16.7. The summed E-state index contributed by atoms with van der Waals surface area (Å²) in [6, 6.07) is 16.6. The van der Waals surface area contributed by atoms with E-state index in [2.05, 4.69) is 27.1 Å². The zero-order chi connectivity index (χ0) is 19.3. The Hall–Kier alpha value is -2.58. The minimum Gasteiger partial charge on any atom is -0.368 e. The Morgan fingerprint density at radius 1 is 0.963 bits per heavy atom. The summed E-state index contributed by atoms with van der Waals surface area (Å²) in [5, 5.41) is 2.90. The van der Waals surface area contributed by atoms with Crippen LogP contribution in [-0.4, -0.2) is 52.6 Å². The molecular formula is C19H24N4O3S. The van der Waals surface area contributed by atoms with Crippen LogP contribution in [0.3, 0.4) is 0 Å². The maximum atomic E-state index is 12.4. The van der Waals surface area contributed by atoms with Crippen molar-refractivity contribution in [2.45, 2.75) is 11.4 Å².